The minimum Gasteiger partial charge on any atom is -0.378 e. The number of anilines is 1. The monoisotopic (exact) mass is 233 g/mol. The van der Waals surface area contributed by atoms with Crippen molar-refractivity contribution in [3.8, 4) is 0 Å². The number of hydrogen-bond acceptors (Lipinski definition) is 3. The van der Waals surface area contributed by atoms with Crippen molar-refractivity contribution < 1.29 is 0 Å². The van der Waals surface area contributed by atoms with Crippen LogP contribution in [0.5, 0.6) is 0 Å². The molecule has 17 heavy (non-hydrogen) atoms. The zero-order chi connectivity index (χ0) is 12.4. The highest BCUT2D eigenvalue weighted by Crippen LogP contribution is 2.15. The first kappa shape index (κ1) is 11.7. The fourth-order valence-electron chi connectivity index (χ4n) is 1.85. The summed E-state index contributed by atoms with van der Waals surface area (Å²) in [5.74, 6) is 0. The first-order valence-corrected chi connectivity index (χ1v) is 5.87. The van der Waals surface area contributed by atoms with E-state index >= 15 is 0 Å². The summed E-state index contributed by atoms with van der Waals surface area (Å²) in [7, 11) is 1.96. The molecule has 0 fully saturated rings. The maximum absolute atomic E-state index is 4.31. The van der Waals surface area contributed by atoms with E-state index in [-0.39, 0.29) is 0 Å². The Labute approximate surface area is 101 Å². The molecule has 0 saturated heterocycles. The lowest BCUT2D eigenvalue weighted by Gasteiger charge is -2.06. The van der Waals surface area contributed by atoms with Crippen LogP contribution >= 0.6 is 0 Å². The summed E-state index contributed by atoms with van der Waals surface area (Å²) in [5, 5.41) is 11.9. The van der Waals surface area contributed by atoms with Crippen LogP contribution in [0, 0.1) is 13.8 Å². The zero-order valence-electron chi connectivity index (χ0n) is 10.9. The number of aryl methyl sites for hydroxylation is 2. The van der Waals surface area contributed by atoms with Crippen molar-refractivity contribution in [3.63, 3.8) is 0 Å². The standard InChI is InChI=1S/C12H19N5/c1-5-17-10(3)12(8-15-17)13-6-11-7-14-16(4)9(11)2/h7-8,13H,5-6H2,1-4H3. The highest BCUT2D eigenvalue weighted by molar-refractivity contribution is 5.46. The Balaban J connectivity index is 2.07. The smallest absolute Gasteiger partial charge is 0.0758 e. The van der Waals surface area contributed by atoms with Gasteiger partial charge in [-0.3, -0.25) is 9.36 Å². The third kappa shape index (κ3) is 2.18. The molecule has 0 bridgehead atoms. The van der Waals surface area contributed by atoms with Gasteiger partial charge in [-0.05, 0) is 20.8 Å². The van der Waals surface area contributed by atoms with Crippen molar-refractivity contribution in [2.45, 2.75) is 33.9 Å². The van der Waals surface area contributed by atoms with Gasteiger partial charge in [0.05, 0.1) is 23.8 Å². The predicted molar refractivity (Wildman–Crippen MR) is 67.9 cm³/mol. The summed E-state index contributed by atoms with van der Waals surface area (Å²) in [5.41, 5.74) is 4.68. The molecule has 2 aromatic heterocycles. The second-order valence-electron chi connectivity index (χ2n) is 4.19. The van der Waals surface area contributed by atoms with Crippen molar-refractivity contribution in [1.29, 1.82) is 0 Å². The molecule has 0 aliphatic heterocycles. The fourth-order valence-corrected chi connectivity index (χ4v) is 1.85. The third-order valence-corrected chi connectivity index (χ3v) is 3.21. The lowest BCUT2D eigenvalue weighted by molar-refractivity contribution is 0.640. The van der Waals surface area contributed by atoms with Crippen molar-refractivity contribution in [2.24, 2.45) is 7.05 Å². The van der Waals surface area contributed by atoms with E-state index in [2.05, 4.69) is 36.3 Å². The van der Waals surface area contributed by atoms with E-state index in [0.717, 1.165) is 18.8 Å². The second-order valence-corrected chi connectivity index (χ2v) is 4.19. The Morgan fingerprint density at radius 1 is 1.18 bits per heavy atom. The molecule has 0 unspecified atom stereocenters. The molecule has 1 N–H and O–H groups in total. The Morgan fingerprint density at radius 2 is 1.94 bits per heavy atom. The summed E-state index contributed by atoms with van der Waals surface area (Å²) in [6.07, 6.45) is 3.78. The van der Waals surface area contributed by atoms with Crippen LogP contribution in [0.15, 0.2) is 12.4 Å². The van der Waals surface area contributed by atoms with E-state index in [1.807, 2.05) is 28.8 Å². The van der Waals surface area contributed by atoms with Gasteiger partial charge in [0.15, 0.2) is 0 Å². The van der Waals surface area contributed by atoms with Gasteiger partial charge < -0.3 is 5.32 Å². The van der Waals surface area contributed by atoms with Gasteiger partial charge in [0.2, 0.25) is 0 Å². The molecule has 2 heterocycles. The van der Waals surface area contributed by atoms with E-state index < -0.39 is 0 Å². The minimum atomic E-state index is 0.788. The molecule has 0 aromatic carbocycles. The molecule has 0 aliphatic rings. The molecule has 2 aromatic rings. The number of nitrogens with zero attached hydrogens (tertiary/aromatic N) is 4. The maximum Gasteiger partial charge on any atom is 0.0758 e. The number of aromatic nitrogens is 4. The van der Waals surface area contributed by atoms with Crippen molar-refractivity contribution in [2.75, 3.05) is 5.32 Å². The van der Waals surface area contributed by atoms with Crippen LogP contribution in [0.25, 0.3) is 0 Å². The zero-order valence-corrected chi connectivity index (χ0v) is 10.9. The van der Waals surface area contributed by atoms with Crippen molar-refractivity contribution >= 4 is 5.69 Å². The highest BCUT2D eigenvalue weighted by atomic mass is 15.3. The lowest BCUT2D eigenvalue weighted by atomic mass is 10.2. The number of nitrogens with one attached hydrogen (secondary N) is 1. The Kier molecular flexibility index (Phi) is 3.17. The summed E-state index contributed by atoms with van der Waals surface area (Å²) in [6, 6.07) is 0. The largest absolute Gasteiger partial charge is 0.378 e. The Hall–Kier alpha value is -1.78. The average molecular weight is 233 g/mol. The van der Waals surface area contributed by atoms with Crippen LogP contribution in [0.4, 0.5) is 5.69 Å². The molecule has 5 heteroatoms. The van der Waals surface area contributed by atoms with Gasteiger partial charge in [-0.1, -0.05) is 0 Å². The van der Waals surface area contributed by atoms with Gasteiger partial charge in [-0.15, -0.1) is 0 Å². The van der Waals surface area contributed by atoms with Gasteiger partial charge in [0, 0.05) is 31.4 Å². The Morgan fingerprint density at radius 3 is 2.47 bits per heavy atom. The summed E-state index contributed by atoms with van der Waals surface area (Å²) in [4.78, 5) is 0. The first-order valence-electron chi connectivity index (χ1n) is 5.87. The molecule has 0 spiro atoms. The summed E-state index contributed by atoms with van der Waals surface area (Å²) >= 11 is 0. The summed E-state index contributed by atoms with van der Waals surface area (Å²) in [6.45, 7) is 7.94. The molecule has 5 nitrogen and oxygen atoms in total. The highest BCUT2D eigenvalue weighted by Gasteiger charge is 2.07. The fraction of sp³-hybridized carbons (Fsp3) is 0.500. The predicted octanol–water partition coefficient (Wildman–Crippen LogP) is 1.87. The van der Waals surface area contributed by atoms with Crippen LogP contribution in [-0.2, 0) is 20.1 Å². The van der Waals surface area contributed by atoms with E-state index in [1.165, 1.54) is 17.0 Å². The molecule has 0 saturated carbocycles. The van der Waals surface area contributed by atoms with Crippen molar-refractivity contribution in [1.82, 2.24) is 19.6 Å². The van der Waals surface area contributed by atoms with E-state index in [0.29, 0.717) is 0 Å². The average Bonchev–Trinajstić information content (AvgIpc) is 2.83. The SMILES string of the molecule is CCn1ncc(NCc2cnn(C)c2C)c1C. The van der Waals surface area contributed by atoms with E-state index in [1.54, 1.807) is 0 Å². The van der Waals surface area contributed by atoms with Crippen LogP contribution in [0.2, 0.25) is 0 Å². The number of hydrogen-bond donors (Lipinski definition) is 1. The van der Waals surface area contributed by atoms with Gasteiger partial charge in [-0.2, -0.15) is 10.2 Å². The molecule has 0 amide bonds. The van der Waals surface area contributed by atoms with Gasteiger partial charge in [0.1, 0.15) is 0 Å². The quantitative estimate of drug-likeness (QED) is 0.877. The molecule has 2 rings (SSSR count). The third-order valence-electron chi connectivity index (χ3n) is 3.21. The van der Waals surface area contributed by atoms with Crippen LogP contribution in [0.3, 0.4) is 0 Å². The lowest BCUT2D eigenvalue weighted by Crippen LogP contribution is -2.03. The molecular weight excluding hydrogens is 214 g/mol. The minimum absolute atomic E-state index is 0.788. The van der Waals surface area contributed by atoms with Crippen LogP contribution in [-0.4, -0.2) is 19.6 Å². The first-order chi connectivity index (χ1) is 8.13. The molecule has 92 valence electrons. The van der Waals surface area contributed by atoms with Gasteiger partial charge in [-0.25, -0.2) is 0 Å². The Bertz CT molecular complexity index is 509. The summed E-state index contributed by atoms with van der Waals surface area (Å²) < 4.78 is 3.87. The van der Waals surface area contributed by atoms with E-state index in [9.17, 15) is 0 Å². The van der Waals surface area contributed by atoms with Crippen molar-refractivity contribution in [3.05, 3.63) is 29.3 Å². The second kappa shape index (κ2) is 4.61. The normalized spacial score (nSPS) is 10.8. The number of rotatable bonds is 4. The molecule has 0 atom stereocenters. The molecule has 0 radical (unpaired) electrons. The van der Waals surface area contributed by atoms with E-state index in [4.69, 9.17) is 0 Å². The topological polar surface area (TPSA) is 47.7 Å². The van der Waals surface area contributed by atoms with Crippen LogP contribution in [0.1, 0.15) is 23.9 Å². The molecular formula is C12H19N5. The van der Waals surface area contributed by atoms with Gasteiger partial charge >= 0.3 is 0 Å². The molecule has 0 aliphatic carbocycles. The maximum atomic E-state index is 4.31. The van der Waals surface area contributed by atoms with Gasteiger partial charge in [0.25, 0.3) is 0 Å². The van der Waals surface area contributed by atoms with Crippen LogP contribution < -0.4 is 5.32 Å².